The van der Waals surface area contributed by atoms with Crippen LogP contribution in [0.4, 0.5) is 13.2 Å². The molecular weight excluding hydrogens is 117 g/mol. The van der Waals surface area contributed by atoms with Crippen LogP contribution in [-0.4, -0.2) is 6.18 Å². The number of hydrogen-bond acceptors (Lipinski definition) is 0. The van der Waals surface area contributed by atoms with Crippen molar-refractivity contribution in [3.63, 3.8) is 0 Å². The Balaban J connectivity index is 3.39. The van der Waals surface area contributed by atoms with Gasteiger partial charge in [-0.05, 0) is 6.92 Å². The maximum Gasteiger partial charge on any atom is 0.392 e. The quantitative estimate of drug-likeness (QED) is 0.502. The van der Waals surface area contributed by atoms with E-state index in [4.69, 9.17) is 0 Å². The van der Waals surface area contributed by atoms with Gasteiger partial charge >= 0.3 is 6.18 Å². The number of alkyl halides is 3. The maximum absolute atomic E-state index is 11.2. The minimum absolute atomic E-state index is 0.878. The molecule has 0 saturated heterocycles. The lowest BCUT2D eigenvalue weighted by atomic mass is 10.4. The van der Waals surface area contributed by atoms with E-state index in [1.807, 2.05) is 0 Å². The molecule has 0 aromatic carbocycles. The molecule has 0 aliphatic carbocycles. The molecule has 0 fully saturated rings. The summed E-state index contributed by atoms with van der Waals surface area (Å²) >= 11 is 0. The molecule has 0 N–H and O–H groups in total. The zero-order chi connectivity index (χ0) is 6.62. The molecule has 8 heavy (non-hydrogen) atoms. The van der Waals surface area contributed by atoms with E-state index in [-0.39, 0.29) is 0 Å². The molecule has 0 aliphatic heterocycles. The van der Waals surface area contributed by atoms with Crippen LogP contribution in [0.25, 0.3) is 0 Å². The third kappa shape index (κ3) is 5.53. The van der Waals surface area contributed by atoms with Gasteiger partial charge in [0.15, 0.2) is 0 Å². The van der Waals surface area contributed by atoms with E-state index in [2.05, 4.69) is 6.92 Å². The molecule has 0 saturated carbocycles. The molecule has 0 rings (SSSR count). The zero-order valence-corrected chi connectivity index (χ0v) is 4.20. The Hall–Kier alpha value is -0.470. The first-order chi connectivity index (χ1) is 3.56. The molecule has 3 heteroatoms. The largest absolute Gasteiger partial charge is 0.392 e. The van der Waals surface area contributed by atoms with Gasteiger partial charge in [-0.1, -0.05) is 12.2 Å². The summed E-state index contributed by atoms with van der Waals surface area (Å²) in [4.78, 5) is 0. The SMILES string of the molecule is [CH2]C=CCC(F)(F)F. The molecule has 0 heterocycles. The maximum atomic E-state index is 11.2. The number of rotatable bonds is 1. The molecular formula is C5H6F3. The normalized spacial score (nSPS) is 13.0. The van der Waals surface area contributed by atoms with Crippen LogP contribution in [0.1, 0.15) is 6.42 Å². The molecule has 1 radical (unpaired) electrons. The Morgan fingerprint density at radius 1 is 1.38 bits per heavy atom. The van der Waals surface area contributed by atoms with Crippen LogP contribution in [0.15, 0.2) is 12.2 Å². The predicted molar refractivity (Wildman–Crippen MR) is 25.2 cm³/mol. The second kappa shape index (κ2) is 2.74. The van der Waals surface area contributed by atoms with Gasteiger partial charge < -0.3 is 0 Å². The van der Waals surface area contributed by atoms with E-state index in [9.17, 15) is 13.2 Å². The van der Waals surface area contributed by atoms with E-state index in [1.165, 1.54) is 0 Å². The van der Waals surface area contributed by atoms with Gasteiger partial charge in [0.25, 0.3) is 0 Å². The van der Waals surface area contributed by atoms with Gasteiger partial charge in [0.05, 0.1) is 6.42 Å². The summed E-state index contributed by atoms with van der Waals surface area (Å²) in [5.74, 6) is 0. The van der Waals surface area contributed by atoms with Gasteiger partial charge in [-0.25, -0.2) is 0 Å². The van der Waals surface area contributed by atoms with E-state index in [1.54, 1.807) is 0 Å². The fourth-order valence-electron chi connectivity index (χ4n) is 0.217. The molecule has 0 unspecified atom stereocenters. The molecule has 0 amide bonds. The van der Waals surface area contributed by atoms with Crippen molar-refractivity contribution in [1.82, 2.24) is 0 Å². The van der Waals surface area contributed by atoms with Crippen molar-refractivity contribution in [2.75, 3.05) is 0 Å². The highest BCUT2D eigenvalue weighted by atomic mass is 19.4. The minimum atomic E-state index is -4.08. The fourth-order valence-corrected chi connectivity index (χ4v) is 0.217. The van der Waals surface area contributed by atoms with Crippen LogP contribution in [0.2, 0.25) is 0 Å². The van der Waals surface area contributed by atoms with Crippen molar-refractivity contribution < 1.29 is 13.2 Å². The summed E-state index contributed by atoms with van der Waals surface area (Å²) < 4.78 is 33.5. The van der Waals surface area contributed by atoms with Gasteiger partial charge in [-0.3, -0.25) is 0 Å². The second-order valence-corrected chi connectivity index (χ2v) is 1.29. The Kier molecular flexibility index (Phi) is 2.58. The lowest BCUT2D eigenvalue weighted by molar-refractivity contribution is -0.125. The lowest BCUT2D eigenvalue weighted by Crippen LogP contribution is -2.03. The van der Waals surface area contributed by atoms with Crippen molar-refractivity contribution >= 4 is 0 Å². The second-order valence-electron chi connectivity index (χ2n) is 1.29. The van der Waals surface area contributed by atoms with Crippen molar-refractivity contribution in [2.45, 2.75) is 12.6 Å². The topological polar surface area (TPSA) is 0 Å². The predicted octanol–water partition coefficient (Wildman–Crippen LogP) is 2.33. The average molecular weight is 123 g/mol. The number of hydrogen-bond donors (Lipinski definition) is 0. The van der Waals surface area contributed by atoms with E-state index < -0.39 is 12.6 Å². The Bertz CT molecular complexity index is 80.2. The van der Waals surface area contributed by atoms with Crippen molar-refractivity contribution in [1.29, 1.82) is 0 Å². The number of allylic oxidation sites excluding steroid dienone is 2. The Morgan fingerprint density at radius 3 is 2.00 bits per heavy atom. The van der Waals surface area contributed by atoms with Gasteiger partial charge in [-0.15, -0.1) is 0 Å². The van der Waals surface area contributed by atoms with Crippen molar-refractivity contribution in [2.24, 2.45) is 0 Å². The average Bonchev–Trinajstić information content (AvgIpc) is 1.59. The van der Waals surface area contributed by atoms with Crippen LogP contribution in [-0.2, 0) is 0 Å². The standard InChI is InChI=1S/C5H6F3/c1-2-3-4-5(6,7)8/h2-3H,1,4H2. The highest BCUT2D eigenvalue weighted by Gasteiger charge is 2.24. The van der Waals surface area contributed by atoms with Gasteiger partial charge in [0.2, 0.25) is 0 Å². The van der Waals surface area contributed by atoms with Gasteiger partial charge in [-0.2, -0.15) is 13.2 Å². The van der Waals surface area contributed by atoms with Crippen LogP contribution < -0.4 is 0 Å². The summed E-state index contributed by atoms with van der Waals surface area (Å²) in [6, 6.07) is 0. The van der Waals surface area contributed by atoms with Crippen LogP contribution in [0.3, 0.4) is 0 Å². The number of halogens is 3. The van der Waals surface area contributed by atoms with Crippen molar-refractivity contribution in [3.05, 3.63) is 19.1 Å². The third-order valence-corrected chi connectivity index (χ3v) is 0.516. The summed E-state index contributed by atoms with van der Waals surface area (Å²) in [6.45, 7) is 3.11. The first-order valence-electron chi connectivity index (χ1n) is 2.07. The summed E-state index contributed by atoms with van der Waals surface area (Å²) in [6.07, 6.45) is -2.85. The smallest absolute Gasteiger partial charge is 0.171 e. The Labute approximate surface area is 46.0 Å². The minimum Gasteiger partial charge on any atom is -0.171 e. The molecule has 0 aromatic rings. The summed E-state index contributed by atoms with van der Waals surface area (Å²) in [5, 5.41) is 0. The summed E-state index contributed by atoms with van der Waals surface area (Å²) in [7, 11) is 0. The fraction of sp³-hybridized carbons (Fsp3) is 0.400. The highest BCUT2D eigenvalue weighted by Crippen LogP contribution is 2.19. The lowest BCUT2D eigenvalue weighted by Gasteiger charge is -1.98. The first kappa shape index (κ1) is 7.53. The molecule has 0 nitrogen and oxygen atoms in total. The third-order valence-electron chi connectivity index (χ3n) is 0.516. The van der Waals surface area contributed by atoms with E-state index >= 15 is 0 Å². The van der Waals surface area contributed by atoms with Crippen molar-refractivity contribution in [3.8, 4) is 0 Å². The summed E-state index contributed by atoms with van der Waals surface area (Å²) in [5.41, 5.74) is 0. The zero-order valence-electron chi connectivity index (χ0n) is 4.20. The van der Waals surface area contributed by atoms with E-state index in [0.717, 1.165) is 12.2 Å². The van der Waals surface area contributed by atoms with Crippen LogP contribution >= 0.6 is 0 Å². The molecule has 0 atom stereocenters. The molecule has 0 bridgehead atoms. The van der Waals surface area contributed by atoms with Gasteiger partial charge in [0, 0.05) is 0 Å². The molecule has 47 valence electrons. The van der Waals surface area contributed by atoms with E-state index in [0.29, 0.717) is 0 Å². The van der Waals surface area contributed by atoms with Crippen LogP contribution in [0.5, 0.6) is 0 Å². The highest BCUT2D eigenvalue weighted by molar-refractivity contribution is 4.85. The van der Waals surface area contributed by atoms with Crippen LogP contribution in [0, 0.1) is 6.92 Å². The van der Waals surface area contributed by atoms with Gasteiger partial charge in [0.1, 0.15) is 0 Å². The molecule has 0 aromatic heterocycles. The molecule has 0 aliphatic rings. The Morgan fingerprint density at radius 2 is 1.88 bits per heavy atom. The monoisotopic (exact) mass is 123 g/mol. The first-order valence-corrected chi connectivity index (χ1v) is 2.07. The molecule has 0 spiro atoms.